The molecule has 0 spiro atoms. The Morgan fingerprint density at radius 1 is 1.11 bits per heavy atom. The highest BCUT2D eigenvalue weighted by atomic mass is 35.5. The second-order valence-corrected chi connectivity index (χ2v) is 10.4. The molecule has 7 nitrogen and oxygen atoms in total. The molecule has 0 saturated carbocycles. The molecular weight excluding hydrogens is 502 g/mol. The maximum absolute atomic E-state index is 12.9. The van der Waals surface area contributed by atoms with Crippen LogP contribution in [-0.2, 0) is 13.2 Å². The van der Waals surface area contributed by atoms with E-state index in [9.17, 15) is 4.79 Å². The van der Waals surface area contributed by atoms with Gasteiger partial charge in [0.1, 0.15) is 41.3 Å². The van der Waals surface area contributed by atoms with Crippen molar-refractivity contribution >= 4 is 23.5 Å². The molecule has 8 heteroatoms. The third-order valence-electron chi connectivity index (χ3n) is 6.60. The van der Waals surface area contributed by atoms with E-state index >= 15 is 0 Å². The molecule has 2 aliphatic heterocycles. The largest absolute Gasteiger partial charge is 0.487 e. The van der Waals surface area contributed by atoms with Gasteiger partial charge in [0.05, 0.1) is 24.7 Å². The fourth-order valence-electron chi connectivity index (χ4n) is 4.62. The van der Waals surface area contributed by atoms with E-state index in [4.69, 9.17) is 25.8 Å². The number of carbonyl (C=O) groups excluding carboxylic acids is 1. The molecule has 1 aromatic heterocycles. The van der Waals surface area contributed by atoms with E-state index in [1.54, 1.807) is 22.9 Å². The Kier molecular flexibility index (Phi) is 6.16. The number of aromatic nitrogens is 3. The predicted octanol–water partition coefficient (Wildman–Crippen LogP) is 6.45. The average molecular weight is 528 g/mol. The van der Waals surface area contributed by atoms with Crippen molar-refractivity contribution in [2.75, 3.05) is 0 Å². The summed E-state index contributed by atoms with van der Waals surface area (Å²) in [6.45, 7) is 4.78. The van der Waals surface area contributed by atoms with Crippen molar-refractivity contribution in [1.82, 2.24) is 15.0 Å². The molecule has 4 aromatic rings. The van der Waals surface area contributed by atoms with Gasteiger partial charge in [0.2, 0.25) is 0 Å². The van der Waals surface area contributed by atoms with Crippen LogP contribution in [0.15, 0.2) is 72.9 Å². The van der Waals surface area contributed by atoms with Crippen LogP contribution >= 0.6 is 11.6 Å². The highest BCUT2D eigenvalue weighted by molar-refractivity contribution is 6.31. The first-order valence-electron chi connectivity index (χ1n) is 12.4. The van der Waals surface area contributed by atoms with Gasteiger partial charge < -0.3 is 14.2 Å². The molecule has 3 aromatic carbocycles. The third kappa shape index (κ3) is 5.02. The van der Waals surface area contributed by atoms with Crippen LogP contribution in [0.5, 0.6) is 17.2 Å². The SMILES string of the molecule is CC1(C)C=Cc2cc(C3CC(=O)c4ccc(OCc5cn(Cc6ccccc6Cl)nn5)cc4O3)ccc2O1. The lowest BCUT2D eigenvalue weighted by atomic mass is 9.94. The summed E-state index contributed by atoms with van der Waals surface area (Å²) in [5.41, 5.74) is 3.76. The van der Waals surface area contributed by atoms with Gasteiger partial charge in [-0.05, 0) is 61.4 Å². The third-order valence-corrected chi connectivity index (χ3v) is 6.97. The fourth-order valence-corrected chi connectivity index (χ4v) is 4.81. The summed E-state index contributed by atoms with van der Waals surface area (Å²) < 4.78 is 20.0. The van der Waals surface area contributed by atoms with Crippen LogP contribution < -0.4 is 14.2 Å². The number of hydrogen-bond acceptors (Lipinski definition) is 6. The zero-order valence-corrected chi connectivity index (χ0v) is 21.8. The van der Waals surface area contributed by atoms with E-state index in [2.05, 4.69) is 16.4 Å². The quantitative estimate of drug-likeness (QED) is 0.287. The highest BCUT2D eigenvalue weighted by Crippen LogP contribution is 2.39. The van der Waals surface area contributed by atoms with E-state index < -0.39 is 0 Å². The van der Waals surface area contributed by atoms with Gasteiger partial charge in [-0.15, -0.1) is 5.10 Å². The topological polar surface area (TPSA) is 75.5 Å². The molecule has 0 amide bonds. The highest BCUT2D eigenvalue weighted by Gasteiger charge is 2.29. The van der Waals surface area contributed by atoms with Crippen LogP contribution in [0.4, 0.5) is 0 Å². The number of nitrogens with zero attached hydrogens (tertiary/aromatic N) is 3. The maximum Gasteiger partial charge on any atom is 0.170 e. The molecule has 6 rings (SSSR count). The zero-order valence-electron chi connectivity index (χ0n) is 21.1. The maximum atomic E-state index is 12.9. The monoisotopic (exact) mass is 527 g/mol. The fraction of sp³-hybridized carbons (Fsp3) is 0.233. The second kappa shape index (κ2) is 9.65. The van der Waals surface area contributed by atoms with Crippen molar-refractivity contribution in [2.24, 2.45) is 0 Å². The molecule has 0 fully saturated rings. The number of ketones is 1. The molecule has 3 heterocycles. The van der Waals surface area contributed by atoms with Crippen LogP contribution in [0.1, 0.15) is 59.1 Å². The summed E-state index contributed by atoms with van der Waals surface area (Å²) >= 11 is 6.25. The van der Waals surface area contributed by atoms with Crippen LogP contribution in [0, 0.1) is 0 Å². The Morgan fingerprint density at radius 3 is 2.84 bits per heavy atom. The minimum atomic E-state index is -0.386. The Hall–Kier alpha value is -4.10. The van der Waals surface area contributed by atoms with Gasteiger partial charge in [0, 0.05) is 16.7 Å². The predicted molar refractivity (Wildman–Crippen MR) is 144 cm³/mol. The van der Waals surface area contributed by atoms with Crippen molar-refractivity contribution in [3.8, 4) is 17.2 Å². The normalized spacial score (nSPS) is 17.2. The molecule has 0 N–H and O–H groups in total. The van der Waals surface area contributed by atoms with E-state index in [0.717, 1.165) is 22.4 Å². The number of carbonyl (C=O) groups is 1. The second-order valence-electron chi connectivity index (χ2n) is 10.0. The molecule has 0 radical (unpaired) electrons. The van der Waals surface area contributed by atoms with Gasteiger partial charge in [-0.1, -0.05) is 47.2 Å². The summed E-state index contributed by atoms with van der Waals surface area (Å²) in [6.07, 6.45) is 5.80. The average Bonchev–Trinajstić information content (AvgIpc) is 3.35. The Bertz CT molecular complexity index is 1560. The molecule has 2 aliphatic rings. The van der Waals surface area contributed by atoms with Gasteiger partial charge in [-0.25, -0.2) is 4.68 Å². The lowest BCUT2D eigenvalue weighted by molar-refractivity contribution is 0.0849. The van der Waals surface area contributed by atoms with Crippen molar-refractivity contribution in [3.63, 3.8) is 0 Å². The standard InChI is InChI=1S/C30H26ClN3O4/c1-30(2)12-11-20-13-19(7-10-27(20)38-30)28-15-26(35)24-9-8-23(14-29(24)37-28)36-18-22-17-34(33-32-22)16-21-5-3-4-6-25(21)31/h3-14,17,28H,15-16,18H2,1-2H3. The molecular formula is C30H26ClN3O4. The number of hydrogen-bond donors (Lipinski definition) is 0. The molecule has 192 valence electrons. The summed E-state index contributed by atoms with van der Waals surface area (Å²) in [6, 6.07) is 18.9. The van der Waals surface area contributed by atoms with Gasteiger partial charge in [-0.3, -0.25) is 4.79 Å². The Morgan fingerprint density at radius 2 is 1.97 bits per heavy atom. The van der Waals surface area contributed by atoms with Crippen LogP contribution in [-0.4, -0.2) is 26.4 Å². The van der Waals surface area contributed by atoms with Crippen LogP contribution in [0.2, 0.25) is 5.02 Å². The van der Waals surface area contributed by atoms with Gasteiger partial charge in [0.15, 0.2) is 5.78 Å². The number of ether oxygens (including phenoxy) is 3. The van der Waals surface area contributed by atoms with Crippen molar-refractivity contribution in [1.29, 1.82) is 0 Å². The minimum Gasteiger partial charge on any atom is -0.487 e. The lowest BCUT2D eigenvalue weighted by Gasteiger charge is -2.30. The number of benzene rings is 3. The van der Waals surface area contributed by atoms with Crippen molar-refractivity contribution in [3.05, 3.63) is 106 Å². The first-order valence-corrected chi connectivity index (χ1v) is 12.8. The Labute approximate surface area is 225 Å². The van der Waals surface area contributed by atoms with Gasteiger partial charge >= 0.3 is 0 Å². The number of halogens is 1. The van der Waals surface area contributed by atoms with E-state index in [1.165, 1.54) is 0 Å². The van der Waals surface area contributed by atoms with E-state index in [0.29, 0.717) is 34.3 Å². The zero-order chi connectivity index (χ0) is 26.3. The lowest BCUT2D eigenvalue weighted by Crippen LogP contribution is -2.27. The molecule has 0 aliphatic carbocycles. The first-order chi connectivity index (χ1) is 18.3. The van der Waals surface area contributed by atoms with E-state index in [-0.39, 0.29) is 30.5 Å². The number of fused-ring (bicyclic) bond motifs is 2. The molecule has 0 bridgehead atoms. The summed E-state index contributed by atoms with van der Waals surface area (Å²) in [5.74, 6) is 1.96. The van der Waals surface area contributed by atoms with Crippen LogP contribution in [0.25, 0.3) is 6.08 Å². The van der Waals surface area contributed by atoms with Crippen molar-refractivity contribution < 1.29 is 19.0 Å². The Balaban J connectivity index is 1.14. The number of rotatable bonds is 6. The molecule has 1 unspecified atom stereocenters. The first kappa shape index (κ1) is 24.2. The van der Waals surface area contributed by atoms with Gasteiger partial charge in [0.25, 0.3) is 0 Å². The molecule has 1 atom stereocenters. The van der Waals surface area contributed by atoms with Crippen LogP contribution in [0.3, 0.4) is 0 Å². The minimum absolute atomic E-state index is 0.0379. The van der Waals surface area contributed by atoms with E-state index in [1.807, 2.05) is 68.6 Å². The smallest absolute Gasteiger partial charge is 0.170 e. The summed E-state index contributed by atoms with van der Waals surface area (Å²) in [5, 5.41) is 9.06. The molecule has 0 saturated heterocycles. The van der Waals surface area contributed by atoms with Crippen molar-refractivity contribution in [2.45, 2.75) is 45.1 Å². The summed E-state index contributed by atoms with van der Waals surface area (Å²) in [7, 11) is 0. The molecule has 38 heavy (non-hydrogen) atoms. The number of Topliss-reactive ketones (excluding diaryl/α,β-unsaturated/α-hetero) is 1. The summed E-state index contributed by atoms with van der Waals surface area (Å²) in [4.78, 5) is 12.9. The van der Waals surface area contributed by atoms with Gasteiger partial charge in [-0.2, -0.15) is 0 Å².